The van der Waals surface area contributed by atoms with Gasteiger partial charge in [-0.2, -0.15) is 0 Å². The topological polar surface area (TPSA) is 29.5 Å². The lowest BCUT2D eigenvalue weighted by atomic mass is 9.45. The van der Waals surface area contributed by atoms with Crippen molar-refractivity contribution in [2.45, 2.75) is 77.7 Å². The molecule has 1 aromatic rings. The maximum Gasteiger partial charge on any atom is 0.118 e. The molecule has 4 aliphatic carbocycles. The minimum Gasteiger partial charge on any atom is -0.497 e. The lowest BCUT2D eigenvalue weighted by molar-refractivity contribution is -0.119. The summed E-state index contributed by atoms with van der Waals surface area (Å²) in [7, 11) is 1.71. The average molecular weight is 395 g/mol. The Morgan fingerprint density at radius 3 is 2.48 bits per heavy atom. The third kappa shape index (κ3) is 3.00. The number of methoxy groups -OCH3 is 1. The first-order valence-electron chi connectivity index (χ1n) is 12.0. The maximum atomic E-state index is 11.4. The molecule has 4 saturated carbocycles. The van der Waals surface area contributed by atoms with Crippen LogP contribution in [0, 0.1) is 34.5 Å². The summed E-state index contributed by atoms with van der Waals surface area (Å²) >= 11 is 0. The zero-order valence-electron chi connectivity index (χ0n) is 18.5. The summed E-state index contributed by atoms with van der Waals surface area (Å²) < 4.78 is 5.30. The summed E-state index contributed by atoms with van der Waals surface area (Å²) in [6.07, 6.45) is 14.2. The normalized spacial score (nSPS) is 45.4. The van der Waals surface area contributed by atoms with E-state index in [9.17, 15) is 5.11 Å². The van der Waals surface area contributed by atoms with E-state index in [0.717, 1.165) is 29.9 Å². The van der Waals surface area contributed by atoms with Crippen LogP contribution in [0.5, 0.6) is 5.75 Å². The first-order valence-corrected chi connectivity index (χ1v) is 12.0. The third-order valence-corrected chi connectivity index (χ3v) is 9.92. The van der Waals surface area contributed by atoms with Crippen LogP contribution in [0.15, 0.2) is 29.8 Å². The van der Waals surface area contributed by atoms with Gasteiger partial charge in [0.1, 0.15) is 5.75 Å². The number of aliphatic hydroxyl groups excluding tert-OH is 1. The summed E-state index contributed by atoms with van der Waals surface area (Å²) in [4.78, 5) is 0. The molecule has 1 N–H and O–H groups in total. The van der Waals surface area contributed by atoms with E-state index in [4.69, 9.17) is 4.74 Å². The summed E-state index contributed by atoms with van der Waals surface area (Å²) in [5.41, 5.74) is 3.08. The number of ether oxygens (including phenoxy) is 1. The van der Waals surface area contributed by atoms with Gasteiger partial charge >= 0.3 is 0 Å². The van der Waals surface area contributed by atoms with Crippen molar-refractivity contribution in [1.29, 1.82) is 0 Å². The molecule has 0 aliphatic heterocycles. The number of benzene rings is 1. The Morgan fingerprint density at radius 2 is 1.72 bits per heavy atom. The van der Waals surface area contributed by atoms with Gasteiger partial charge in [0.25, 0.3) is 0 Å². The molecule has 4 aliphatic rings. The van der Waals surface area contributed by atoms with E-state index >= 15 is 0 Å². The number of hydrogen-bond acceptors (Lipinski definition) is 2. The molecule has 0 radical (unpaired) electrons. The fourth-order valence-electron chi connectivity index (χ4n) is 8.21. The van der Waals surface area contributed by atoms with E-state index in [1.807, 2.05) is 12.1 Å². The smallest absolute Gasteiger partial charge is 0.118 e. The molecule has 0 amide bonds. The van der Waals surface area contributed by atoms with Gasteiger partial charge in [0, 0.05) is 5.41 Å². The average Bonchev–Trinajstić information content (AvgIpc) is 2.99. The van der Waals surface area contributed by atoms with Gasteiger partial charge < -0.3 is 9.84 Å². The zero-order chi connectivity index (χ0) is 20.2. The van der Waals surface area contributed by atoms with Gasteiger partial charge in [0.15, 0.2) is 0 Å². The Morgan fingerprint density at radius 1 is 0.931 bits per heavy atom. The predicted octanol–water partition coefficient (Wildman–Crippen LogP) is 6.48. The Hall–Kier alpha value is -1.28. The lowest BCUT2D eigenvalue weighted by Crippen LogP contribution is -2.53. The summed E-state index contributed by atoms with van der Waals surface area (Å²) in [5.74, 6) is 4.19. The van der Waals surface area contributed by atoms with Gasteiger partial charge in [-0.15, -0.1) is 0 Å². The molecular formula is C27H38O2. The van der Waals surface area contributed by atoms with Gasteiger partial charge in [0.05, 0.1) is 13.2 Å². The molecule has 7 atom stereocenters. The number of hydrogen-bond donors (Lipinski definition) is 1. The van der Waals surface area contributed by atoms with Crippen molar-refractivity contribution in [2.75, 3.05) is 7.11 Å². The monoisotopic (exact) mass is 394 g/mol. The SMILES string of the molecule is COc1ccc(/C=C2\CC3C4CCC5CCCC[C@@]5(C)C4CC[C@@]3(C)C2O)cc1. The van der Waals surface area contributed by atoms with Crippen LogP contribution in [0.4, 0.5) is 0 Å². The highest BCUT2D eigenvalue weighted by atomic mass is 16.5. The zero-order valence-corrected chi connectivity index (χ0v) is 18.5. The summed E-state index contributed by atoms with van der Waals surface area (Å²) in [6, 6.07) is 8.26. The maximum absolute atomic E-state index is 11.4. The van der Waals surface area contributed by atoms with Crippen molar-refractivity contribution in [3.63, 3.8) is 0 Å². The van der Waals surface area contributed by atoms with E-state index in [1.165, 1.54) is 62.5 Å². The molecule has 2 heteroatoms. The highest BCUT2D eigenvalue weighted by molar-refractivity contribution is 5.56. The molecule has 5 rings (SSSR count). The molecule has 158 valence electrons. The molecule has 5 unspecified atom stereocenters. The van der Waals surface area contributed by atoms with Crippen molar-refractivity contribution < 1.29 is 9.84 Å². The molecule has 0 saturated heterocycles. The Balaban J connectivity index is 1.43. The fraction of sp³-hybridized carbons (Fsp3) is 0.704. The standard InChI is InChI=1S/C27H38O2/c1-26-14-5-4-6-20(26)9-12-22-23(26)13-15-27(2)24(22)17-19(25(27)28)16-18-7-10-21(29-3)11-8-18/h7-8,10-11,16,20,22-25,28H,4-6,9,12-15,17H2,1-3H3/b19-16+/t20?,22?,23?,24?,25?,26-,27-/m1/s1. The quantitative estimate of drug-likeness (QED) is 0.622. The van der Waals surface area contributed by atoms with Gasteiger partial charge in [-0.05, 0) is 97.3 Å². The summed E-state index contributed by atoms with van der Waals surface area (Å²) in [5, 5.41) is 11.4. The van der Waals surface area contributed by atoms with Crippen LogP contribution in [0.1, 0.15) is 77.2 Å². The molecule has 0 spiro atoms. The molecular weight excluding hydrogens is 356 g/mol. The Bertz CT molecular complexity index is 780. The van der Waals surface area contributed by atoms with E-state index in [2.05, 4.69) is 32.1 Å². The van der Waals surface area contributed by atoms with Gasteiger partial charge in [-0.25, -0.2) is 0 Å². The van der Waals surface area contributed by atoms with E-state index in [-0.39, 0.29) is 11.5 Å². The molecule has 0 aromatic heterocycles. The second-order valence-corrected chi connectivity index (χ2v) is 11.0. The molecule has 0 bridgehead atoms. The third-order valence-electron chi connectivity index (χ3n) is 9.92. The Kier molecular flexibility index (Phi) is 4.85. The lowest BCUT2D eigenvalue weighted by Gasteiger charge is -2.60. The van der Waals surface area contributed by atoms with Crippen LogP contribution >= 0.6 is 0 Å². The van der Waals surface area contributed by atoms with Crippen LogP contribution in [0.25, 0.3) is 6.08 Å². The number of aliphatic hydroxyl groups is 1. The van der Waals surface area contributed by atoms with Crippen LogP contribution in [-0.2, 0) is 0 Å². The predicted molar refractivity (Wildman–Crippen MR) is 119 cm³/mol. The van der Waals surface area contributed by atoms with Crippen molar-refractivity contribution in [3.05, 3.63) is 35.4 Å². The molecule has 2 nitrogen and oxygen atoms in total. The molecule has 1 aromatic carbocycles. The van der Waals surface area contributed by atoms with Crippen LogP contribution in [-0.4, -0.2) is 18.3 Å². The second kappa shape index (κ2) is 7.15. The molecule has 4 fully saturated rings. The second-order valence-electron chi connectivity index (χ2n) is 11.0. The van der Waals surface area contributed by atoms with Crippen molar-refractivity contribution in [3.8, 4) is 5.75 Å². The number of rotatable bonds is 2. The van der Waals surface area contributed by atoms with Crippen molar-refractivity contribution >= 4 is 6.08 Å². The minimum absolute atomic E-state index is 0.0668. The van der Waals surface area contributed by atoms with Gasteiger partial charge in [-0.3, -0.25) is 0 Å². The summed E-state index contributed by atoms with van der Waals surface area (Å²) in [6.45, 7) is 5.03. The molecule has 29 heavy (non-hydrogen) atoms. The number of fused-ring (bicyclic) bond motifs is 5. The highest BCUT2D eigenvalue weighted by Crippen LogP contribution is 2.67. The fourth-order valence-corrected chi connectivity index (χ4v) is 8.21. The van der Waals surface area contributed by atoms with Gasteiger partial charge in [-0.1, -0.05) is 44.9 Å². The highest BCUT2D eigenvalue weighted by Gasteiger charge is 2.60. The van der Waals surface area contributed by atoms with Crippen molar-refractivity contribution in [2.24, 2.45) is 34.5 Å². The van der Waals surface area contributed by atoms with Gasteiger partial charge in [0.2, 0.25) is 0 Å². The first-order chi connectivity index (χ1) is 14.0. The van der Waals surface area contributed by atoms with Crippen LogP contribution in [0.2, 0.25) is 0 Å². The first kappa shape index (κ1) is 19.7. The van der Waals surface area contributed by atoms with E-state index in [0.29, 0.717) is 11.3 Å². The largest absolute Gasteiger partial charge is 0.497 e. The molecule has 0 heterocycles. The van der Waals surface area contributed by atoms with E-state index < -0.39 is 0 Å². The van der Waals surface area contributed by atoms with Crippen LogP contribution in [0.3, 0.4) is 0 Å². The minimum atomic E-state index is -0.285. The van der Waals surface area contributed by atoms with Crippen molar-refractivity contribution in [1.82, 2.24) is 0 Å². The van der Waals surface area contributed by atoms with E-state index in [1.54, 1.807) is 7.11 Å². The Labute approximate surface area is 176 Å². The van der Waals surface area contributed by atoms with Crippen LogP contribution < -0.4 is 4.74 Å².